The maximum atomic E-state index is 13.4. The Balaban J connectivity index is 0.00000464. The molecule has 3 N–H and O–H groups in total. The molecule has 3 heterocycles. The van der Waals surface area contributed by atoms with Crippen LogP contribution < -0.4 is 14.8 Å². The van der Waals surface area contributed by atoms with Crippen molar-refractivity contribution in [2.75, 3.05) is 11.3 Å². The molecule has 0 spiro atoms. The number of fused-ring (bicyclic) bond motifs is 1. The molecule has 0 saturated heterocycles. The summed E-state index contributed by atoms with van der Waals surface area (Å²) in [4.78, 5) is 29.6. The maximum absolute atomic E-state index is 13.4. The molecule has 0 bridgehead atoms. The van der Waals surface area contributed by atoms with Gasteiger partial charge in [0.1, 0.15) is 17.9 Å². The number of nitrogens with one attached hydrogen (secondary N) is 2. The van der Waals surface area contributed by atoms with Crippen molar-refractivity contribution in [2.45, 2.75) is 56.5 Å². The zero-order chi connectivity index (χ0) is 35.5. The summed E-state index contributed by atoms with van der Waals surface area (Å²) in [5.41, 5.74) is 6.11. The fourth-order valence-electron chi connectivity index (χ4n) is 5.92. The Labute approximate surface area is 307 Å². The topological polar surface area (TPSA) is 169 Å². The number of sulfonamides is 1. The minimum absolute atomic E-state index is 0. The van der Waals surface area contributed by atoms with Gasteiger partial charge in [0.05, 0.1) is 28.0 Å². The number of aromatic carboxylic acids is 1. The van der Waals surface area contributed by atoms with E-state index >= 15 is 0 Å². The van der Waals surface area contributed by atoms with Gasteiger partial charge in [0, 0.05) is 36.2 Å². The number of furan rings is 1. The van der Waals surface area contributed by atoms with Gasteiger partial charge in [0.25, 0.3) is 10.0 Å². The van der Waals surface area contributed by atoms with Gasteiger partial charge in [-0.25, -0.2) is 32.9 Å². The van der Waals surface area contributed by atoms with Gasteiger partial charge in [0.15, 0.2) is 0 Å². The number of carboxylic acid groups (broad SMARTS) is 1. The van der Waals surface area contributed by atoms with E-state index in [-0.39, 0.29) is 47.3 Å². The first-order chi connectivity index (χ1) is 24.6. The van der Waals surface area contributed by atoms with Gasteiger partial charge >= 0.3 is 5.97 Å². The molecule has 14 heteroatoms. The number of halogens is 1. The molecule has 3 aromatic carbocycles. The number of ether oxygens (including phenoxy) is 1. The van der Waals surface area contributed by atoms with E-state index in [1.165, 1.54) is 18.2 Å². The van der Waals surface area contributed by atoms with E-state index < -0.39 is 16.0 Å². The molecule has 1 atom stereocenters. The normalized spacial score (nSPS) is 13.3. The molecular formula is C38H37ClN6O6S. The highest BCUT2D eigenvalue weighted by Gasteiger charge is 2.28. The zero-order valence-corrected chi connectivity index (χ0v) is 30.1. The van der Waals surface area contributed by atoms with Crippen LogP contribution in [0, 0.1) is 13.8 Å². The van der Waals surface area contributed by atoms with E-state index in [0.29, 0.717) is 30.3 Å². The molecule has 7 rings (SSSR count). The average Bonchev–Trinajstić information content (AvgIpc) is 3.88. The summed E-state index contributed by atoms with van der Waals surface area (Å²) in [7, 11) is -4.26. The summed E-state index contributed by atoms with van der Waals surface area (Å²) in [6, 6.07) is 24.4. The van der Waals surface area contributed by atoms with E-state index in [1.807, 2.05) is 68.4 Å². The summed E-state index contributed by atoms with van der Waals surface area (Å²) < 4.78 is 41.5. The highest BCUT2D eigenvalue weighted by Crippen LogP contribution is 2.41. The lowest BCUT2D eigenvalue weighted by Crippen LogP contribution is -2.36. The third-order valence-electron chi connectivity index (χ3n) is 8.67. The molecule has 0 aliphatic heterocycles. The third-order valence-corrected chi connectivity index (χ3v) is 10.00. The Morgan fingerprint density at radius 1 is 0.962 bits per heavy atom. The van der Waals surface area contributed by atoms with Crippen molar-refractivity contribution >= 4 is 45.6 Å². The Kier molecular flexibility index (Phi) is 10.8. The van der Waals surface area contributed by atoms with Crippen LogP contribution in [0.15, 0.2) is 100 Å². The molecule has 0 unspecified atom stereocenters. The van der Waals surface area contributed by atoms with E-state index in [9.17, 15) is 18.3 Å². The molecule has 268 valence electrons. The SMILES string of the molecule is Cc1cccc(C)c1-c1cc(OC[C@@H](Cc2ccccc2)NCc2cnc3oc(C4CC4)cc3n2)nc(NS(=O)(=O)c2cccc(C(=O)O)c2)n1.Cl. The standard InChI is InChI=1S/C38H36N6O6S.ClH/c1-23-8-6-9-24(2)35(23)31-19-34(43-38(42-31)44-51(47,48)30-13-7-12-27(17-30)37(45)46)49-22-28(16-25-10-4-3-5-11-25)39-20-29-21-40-36-32(41-29)18-33(50-36)26-14-15-26;/h3-13,17-19,21,26,28,39H,14-16,20,22H2,1-2H3,(H,45,46)(H,42,43,44);1H/t28-;/m1./s1. The van der Waals surface area contributed by atoms with E-state index in [1.54, 1.807) is 12.3 Å². The van der Waals surface area contributed by atoms with Crippen LogP contribution in [-0.2, 0) is 23.0 Å². The third kappa shape index (κ3) is 8.56. The van der Waals surface area contributed by atoms with E-state index in [4.69, 9.17) is 14.1 Å². The molecule has 52 heavy (non-hydrogen) atoms. The largest absolute Gasteiger partial charge is 0.478 e. The number of rotatable bonds is 14. The number of aryl methyl sites for hydroxylation is 2. The highest BCUT2D eigenvalue weighted by atomic mass is 35.5. The second-order valence-electron chi connectivity index (χ2n) is 12.7. The predicted molar refractivity (Wildman–Crippen MR) is 198 cm³/mol. The summed E-state index contributed by atoms with van der Waals surface area (Å²) in [5, 5.41) is 13.0. The minimum Gasteiger partial charge on any atom is -0.478 e. The van der Waals surface area contributed by atoms with Crippen molar-refractivity contribution in [3.05, 3.63) is 125 Å². The van der Waals surface area contributed by atoms with Gasteiger partial charge in [-0.1, -0.05) is 54.6 Å². The number of anilines is 1. The first-order valence-electron chi connectivity index (χ1n) is 16.6. The fourth-order valence-corrected chi connectivity index (χ4v) is 6.91. The molecule has 3 aromatic heterocycles. The number of aromatic nitrogens is 4. The maximum Gasteiger partial charge on any atom is 0.335 e. The lowest BCUT2D eigenvalue weighted by atomic mass is 10.00. The molecule has 1 saturated carbocycles. The molecule has 12 nitrogen and oxygen atoms in total. The first-order valence-corrected chi connectivity index (χ1v) is 18.1. The predicted octanol–water partition coefficient (Wildman–Crippen LogP) is 6.87. The lowest BCUT2D eigenvalue weighted by molar-refractivity contribution is 0.0696. The van der Waals surface area contributed by atoms with Crippen molar-refractivity contribution in [1.29, 1.82) is 0 Å². The van der Waals surface area contributed by atoms with Crippen molar-refractivity contribution < 1.29 is 27.5 Å². The van der Waals surface area contributed by atoms with Crippen molar-refractivity contribution in [1.82, 2.24) is 25.3 Å². The van der Waals surface area contributed by atoms with Gasteiger partial charge < -0.3 is 19.6 Å². The van der Waals surface area contributed by atoms with Crippen LogP contribution in [0.2, 0.25) is 0 Å². The monoisotopic (exact) mass is 740 g/mol. The van der Waals surface area contributed by atoms with Crippen LogP contribution in [0.3, 0.4) is 0 Å². The summed E-state index contributed by atoms with van der Waals surface area (Å²) in [6.07, 6.45) is 4.59. The molecular weight excluding hydrogens is 704 g/mol. The van der Waals surface area contributed by atoms with Crippen LogP contribution in [0.25, 0.3) is 22.5 Å². The van der Waals surface area contributed by atoms with E-state index in [0.717, 1.165) is 58.1 Å². The van der Waals surface area contributed by atoms with Crippen LogP contribution in [-0.4, -0.2) is 52.1 Å². The second-order valence-corrected chi connectivity index (χ2v) is 14.4. The first kappa shape index (κ1) is 36.4. The van der Waals surface area contributed by atoms with Gasteiger partial charge in [-0.15, -0.1) is 12.4 Å². The van der Waals surface area contributed by atoms with Crippen LogP contribution in [0.1, 0.15) is 57.3 Å². The molecule has 1 aliphatic carbocycles. The Morgan fingerprint density at radius 3 is 2.44 bits per heavy atom. The van der Waals surface area contributed by atoms with Gasteiger partial charge in [-0.3, -0.25) is 0 Å². The van der Waals surface area contributed by atoms with Crippen molar-refractivity contribution in [3.63, 3.8) is 0 Å². The quantitative estimate of drug-likeness (QED) is 0.106. The lowest BCUT2D eigenvalue weighted by Gasteiger charge is -2.20. The molecule has 1 aliphatic rings. The number of hydrogen-bond acceptors (Lipinski definition) is 10. The van der Waals surface area contributed by atoms with Crippen molar-refractivity contribution in [2.24, 2.45) is 0 Å². The molecule has 0 amide bonds. The summed E-state index contributed by atoms with van der Waals surface area (Å²) in [5.74, 6) is 0.0999. The smallest absolute Gasteiger partial charge is 0.335 e. The van der Waals surface area contributed by atoms with Crippen LogP contribution >= 0.6 is 12.4 Å². The second kappa shape index (κ2) is 15.5. The van der Waals surface area contributed by atoms with Gasteiger partial charge in [-0.05, 0) is 68.0 Å². The van der Waals surface area contributed by atoms with Crippen molar-refractivity contribution in [3.8, 4) is 17.1 Å². The Hall–Kier alpha value is -5.37. The molecule has 6 aromatic rings. The number of hydrogen-bond donors (Lipinski definition) is 3. The van der Waals surface area contributed by atoms with Crippen LogP contribution in [0.4, 0.5) is 5.95 Å². The van der Waals surface area contributed by atoms with E-state index in [2.05, 4.69) is 25.0 Å². The summed E-state index contributed by atoms with van der Waals surface area (Å²) in [6.45, 7) is 4.49. The Morgan fingerprint density at radius 2 is 1.71 bits per heavy atom. The molecule has 0 radical (unpaired) electrons. The fraction of sp³-hybridized carbons (Fsp3) is 0.237. The average molecular weight is 741 g/mol. The van der Waals surface area contributed by atoms with Gasteiger partial charge in [0.2, 0.25) is 17.5 Å². The number of carboxylic acids is 1. The molecule has 1 fully saturated rings. The zero-order valence-electron chi connectivity index (χ0n) is 28.4. The minimum atomic E-state index is -4.26. The van der Waals surface area contributed by atoms with Gasteiger partial charge in [-0.2, -0.15) is 4.98 Å². The number of carbonyl (C=O) groups is 1. The van der Waals surface area contributed by atoms with Crippen LogP contribution in [0.5, 0.6) is 5.88 Å². The Bertz CT molecular complexity index is 2310. The number of benzene rings is 3. The summed E-state index contributed by atoms with van der Waals surface area (Å²) >= 11 is 0. The number of nitrogens with zero attached hydrogens (tertiary/aromatic N) is 4. The highest BCUT2D eigenvalue weighted by molar-refractivity contribution is 7.92.